The predicted octanol–water partition coefficient (Wildman–Crippen LogP) is 2.10. The summed E-state index contributed by atoms with van der Waals surface area (Å²) in [4.78, 5) is 34.1. The molecule has 0 unspecified atom stereocenters. The molecule has 6 nitrogen and oxygen atoms in total. The summed E-state index contributed by atoms with van der Waals surface area (Å²) >= 11 is 3.25. The molecular weight excluding hydrogens is 364 g/mol. The minimum Gasteiger partial charge on any atom is -0.484 e. The van der Waals surface area contributed by atoms with E-state index in [1.807, 2.05) is 0 Å². The predicted molar refractivity (Wildman–Crippen MR) is 87.1 cm³/mol. The molecule has 0 aliphatic carbocycles. The van der Waals surface area contributed by atoms with Gasteiger partial charge in [0, 0.05) is 10.0 Å². The molecule has 0 heterocycles. The molecule has 2 amide bonds. The van der Waals surface area contributed by atoms with E-state index >= 15 is 0 Å². The van der Waals surface area contributed by atoms with Crippen LogP contribution in [0.25, 0.3) is 0 Å². The van der Waals surface area contributed by atoms with Gasteiger partial charge >= 0.3 is 0 Å². The molecule has 0 atom stereocenters. The summed E-state index contributed by atoms with van der Waals surface area (Å²) in [7, 11) is 0. The number of rotatable bonds is 5. The van der Waals surface area contributed by atoms with Gasteiger partial charge in [-0.3, -0.25) is 25.2 Å². The minimum atomic E-state index is -0.509. The zero-order valence-electron chi connectivity index (χ0n) is 11.9. The zero-order chi connectivity index (χ0) is 16.7. The lowest BCUT2D eigenvalue weighted by atomic mass is 10.2. The van der Waals surface area contributed by atoms with Crippen molar-refractivity contribution < 1.29 is 19.1 Å². The molecule has 0 saturated carbocycles. The van der Waals surface area contributed by atoms with Gasteiger partial charge in [0.25, 0.3) is 11.8 Å². The summed E-state index contributed by atoms with van der Waals surface area (Å²) in [6, 6.07) is 13.2. The van der Waals surface area contributed by atoms with Crippen LogP contribution in [0.1, 0.15) is 20.7 Å². The van der Waals surface area contributed by atoms with Crippen molar-refractivity contribution in [3.8, 4) is 5.75 Å². The first-order valence-corrected chi connectivity index (χ1v) is 7.41. The molecule has 0 bridgehead atoms. The van der Waals surface area contributed by atoms with Crippen LogP contribution in [0.3, 0.4) is 0 Å². The van der Waals surface area contributed by atoms with E-state index in [-0.39, 0.29) is 6.61 Å². The molecular formula is C16H13BrN2O4. The van der Waals surface area contributed by atoms with Crippen LogP contribution in [-0.2, 0) is 4.79 Å². The van der Waals surface area contributed by atoms with Gasteiger partial charge in [0.2, 0.25) is 0 Å². The Balaban J connectivity index is 1.79. The summed E-state index contributed by atoms with van der Waals surface area (Å²) in [5.41, 5.74) is 5.48. The average molecular weight is 377 g/mol. The molecule has 7 heteroatoms. The summed E-state index contributed by atoms with van der Waals surface area (Å²) in [5.74, 6) is -0.506. The van der Waals surface area contributed by atoms with E-state index in [0.717, 1.165) is 0 Å². The first-order valence-electron chi connectivity index (χ1n) is 6.62. The van der Waals surface area contributed by atoms with Crippen LogP contribution in [0.5, 0.6) is 5.75 Å². The van der Waals surface area contributed by atoms with E-state index in [0.29, 0.717) is 27.6 Å². The number of aldehydes is 1. The van der Waals surface area contributed by atoms with Crippen LogP contribution in [-0.4, -0.2) is 24.7 Å². The van der Waals surface area contributed by atoms with Crippen LogP contribution < -0.4 is 15.6 Å². The molecule has 0 aliphatic heterocycles. The summed E-state index contributed by atoms with van der Waals surface area (Å²) in [5, 5.41) is 0. The number of amides is 2. The second kappa shape index (κ2) is 8.09. The number of halogens is 1. The number of hydrazine groups is 1. The summed E-state index contributed by atoms with van der Waals surface area (Å²) in [6.07, 6.45) is 0.716. The first kappa shape index (κ1) is 16.7. The maximum absolute atomic E-state index is 11.9. The van der Waals surface area contributed by atoms with E-state index < -0.39 is 11.8 Å². The Hall–Kier alpha value is -2.67. The van der Waals surface area contributed by atoms with Crippen LogP contribution in [0.15, 0.2) is 53.0 Å². The Morgan fingerprint density at radius 2 is 1.74 bits per heavy atom. The molecule has 0 saturated heterocycles. The molecule has 0 fully saturated rings. The lowest BCUT2D eigenvalue weighted by Crippen LogP contribution is -2.43. The molecule has 118 valence electrons. The van der Waals surface area contributed by atoms with Crippen molar-refractivity contribution in [2.45, 2.75) is 0 Å². The van der Waals surface area contributed by atoms with E-state index in [9.17, 15) is 14.4 Å². The highest BCUT2D eigenvalue weighted by atomic mass is 79.9. The number of benzene rings is 2. The molecule has 23 heavy (non-hydrogen) atoms. The maximum atomic E-state index is 11.9. The van der Waals surface area contributed by atoms with E-state index in [2.05, 4.69) is 26.8 Å². The smallest absolute Gasteiger partial charge is 0.276 e. The van der Waals surface area contributed by atoms with Gasteiger partial charge in [-0.1, -0.05) is 12.1 Å². The number of hydrogen-bond acceptors (Lipinski definition) is 4. The van der Waals surface area contributed by atoms with E-state index in [4.69, 9.17) is 4.74 Å². The second-order valence-corrected chi connectivity index (χ2v) is 5.31. The van der Waals surface area contributed by atoms with Crippen molar-refractivity contribution in [1.82, 2.24) is 10.9 Å². The van der Waals surface area contributed by atoms with Crippen molar-refractivity contribution in [2.75, 3.05) is 6.61 Å². The number of carbonyl (C=O) groups is 3. The Kier molecular flexibility index (Phi) is 5.87. The van der Waals surface area contributed by atoms with E-state index in [1.54, 1.807) is 48.5 Å². The van der Waals surface area contributed by atoms with Crippen LogP contribution in [0, 0.1) is 0 Å². The van der Waals surface area contributed by atoms with Gasteiger partial charge in [0.1, 0.15) is 12.0 Å². The monoisotopic (exact) mass is 376 g/mol. The molecule has 0 aliphatic rings. The van der Waals surface area contributed by atoms with Crippen molar-refractivity contribution in [2.24, 2.45) is 0 Å². The molecule has 2 rings (SSSR count). The average Bonchev–Trinajstić information content (AvgIpc) is 2.58. The van der Waals surface area contributed by atoms with Crippen molar-refractivity contribution in [3.63, 3.8) is 0 Å². The Morgan fingerprint density at radius 1 is 1.04 bits per heavy atom. The van der Waals surface area contributed by atoms with Crippen molar-refractivity contribution in [3.05, 3.63) is 64.1 Å². The Labute approximate surface area is 140 Å². The number of nitrogens with one attached hydrogen (secondary N) is 2. The van der Waals surface area contributed by atoms with Gasteiger partial charge < -0.3 is 4.74 Å². The second-order valence-electron chi connectivity index (χ2n) is 4.46. The van der Waals surface area contributed by atoms with E-state index in [1.165, 1.54) is 0 Å². The zero-order valence-corrected chi connectivity index (χ0v) is 13.5. The molecule has 0 radical (unpaired) electrons. The van der Waals surface area contributed by atoms with Gasteiger partial charge in [-0.25, -0.2) is 0 Å². The standard InChI is InChI=1S/C16H13BrN2O4/c17-14-4-2-1-3-13(14)16(22)19-18-15(21)10-23-12-7-5-11(9-20)6-8-12/h1-9H,10H2,(H,18,21)(H,19,22). The Bertz CT molecular complexity index is 716. The largest absolute Gasteiger partial charge is 0.484 e. The van der Waals surface area contributed by atoms with Crippen molar-refractivity contribution in [1.29, 1.82) is 0 Å². The van der Waals surface area contributed by atoms with Crippen LogP contribution >= 0.6 is 15.9 Å². The first-order chi connectivity index (χ1) is 11.1. The maximum Gasteiger partial charge on any atom is 0.276 e. The summed E-state index contributed by atoms with van der Waals surface area (Å²) in [6.45, 7) is -0.267. The minimum absolute atomic E-state index is 0.267. The third-order valence-corrected chi connectivity index (χ3v) is 3.51. The van der Waals surface area contributed by atoms with Gasteiger partial charge in [-0.15, -0.1) is 0 Å². The van der Waals surface area contributed by atoms with Crippen molar-refractivity contribution >= 4 is 34.0 Å². The van der Waals surface area contributed by atoms with Gasteiger partial charge in [0.15, 0.2) is 6.61 Å². The third kappa shape index (κ3) is 4.93. The highest BCUT2D eigenvalue weighted by Gasteiger charge is 2.10. The fourth-order valence-electron chi connectivity index (χ4n) is 1.67. The number of hydrogen-bond donors (Lipinski definition) is 2. The van der Waals surface area contributed by atoms with Gasteiger partial charge in [-0.05, 0) is 52.3 Å². The highest BCUT2D eigenvalue weighted by molar-refractivity contribution is 9.10. The molecule has 2 aromatic carbocycles. The quantitative estimate of drug-likeness (QED) is 0.618. The topological polar surface area (TPSA) is 84.5 Å². The van der Waals surface area contributed by atoms with Gasteiger partial charge in [0.05, 0.1) is 5.56 Å². The fourth-order valence-corrected chi connectivity index (χ4v) is 2.13. The molecule has 0 aromatic heterocycles. The molecule has 0 spiro atoms. The highest BCUT2D eigenvalue weighted by Crippen LogP contribution is 2.15. The molecule has 2 aromatic rings. The number of carbonyl (C=O) groups excluding carboxylic acids is 3. The number of ether oxygens (including phenoxy) is 1. The summed E-state index contributed by atoms with van der Waals surface area (Å²) < 4.78 is 5.86. The van der Waals surface area contributed by atoms with Gasteiger partial charge in [-0.2, -0.15) is 0 Å². The lowest BCUT2D eigenvalue weighted by Gasteiger charge is -2.09. The normalized spacial score (nSPS) is 9.78. The Morgan fingerprint density at radius 3 is 2.39 bits per heavy atom. The lowest BCUT2D eigenvalue weighted by molar-refractivity contribution is -0.123. The van der Waals surface area contributed by atoms with Crippen LogP contribution in [0.2, 0.25) is 0 Å². The fraction of sp³-hybridized carbons (Fsp3) is 0.0625. The SMILES string of the molecule is O=Cc1ccc(OCC(=O)NNC(=O)c2ccccc2Br)cc1. The van der Waals surface area contributed by atoms with Crippen LogP contribution in [0.4, 0.5) is 0 Å². The molecule has 2 N–H and O–H groups in total. The third-order valence-electron chi connectivity index (χ3n) is 2.82.